The molecule has 1 atom stereocenters. The van der Waals surface area contributed by atoms with E-state index in [9.17, 15) is 4.79 Å². The third-order valence-corrected chi connectivity index (χ3v) is 3.12. The molecule has 3 N–H and O–H groups in total. The number of carbonyl (C=O) groups is 1. The molecule has 1 aliphatic heterocycles. The van der Waals surface area contributed by atoms with Crippen LogP contribution in [0.2, 0.25) is 0 Å². The second-order valence-corrected chi connectivity index (χ2v) is 4.31. The van der Waals surface area contributed by atoms with Crippen LogP contribution in [0.25, 0.3) is 0 Å². The Hall–Kier alpha value is -1.46. The highest BCUT2D eigenvalue weighted by Gasteiger charge is 2.34. The Balaban J connectivity index is 2.44. The summed E-state index contributed by atoms with van der Waals surface area (Å²) in [5.41, 5.74) is 7.47. The van der Waals surface area contributed by atoms with E-state index in [0.29, 0.717) is 19.6 Å². The SMILES string of the molecule is CCc1nc(C(=O)O)ccc1C1(N)CCOC1. The van der Waals surface area contributed by atoms with Gasteiger partial charge < -0.3 is 15.6 Å². The molecule has 17 heavy (non-hydrogen) atoms. The van der Waals surface area contributed by atoms with Crippen molar-refractivity contribution in [3.63, 3.8) is 0 Å². The first-order valence-corrected chi connectivity index (χ1v) is 5.67. The van der Waals surface area contributed by atoms with Crippen LogP contribution >= 0.6 is 0 Å². The fourth-order valence-corrected chi connectivity index (χ4v) is 2.14. The van der Waals surface area contributed by atoms with Gasteiger partial charge in [-0.3, -0.25) is 0 Å². The average Bonchev–Trinajstić information content (AvgIpc) is 2.76. The summed E-state index contributed by atoms with van der Waals surface area (Å²) in [6.45, 7) is 3.05. The van der Waals surface area contributed by atoms with Gasteiger partial charge in [-0.1, -0.05) is 13.0 Å². The number of rotatable bonds is 3. The predicted molar refractivity (Wildman–Crippen MR) is 61.9 cm³/mol. The molecule has 1 fully saturated rings. The van der Waals surface area contributed by atoms with Gasteiger partial charge in [0.25, 0.3) is 0 Å². The van der Waals surface area contributed by atoms with Gasteiger partial charge in [-0.15, -0.1) is 0 Å². The second kappa shape index (κ2) is 4.43. The summed E-state index contributed by atoms with van der Waals surface area (Å²) in [7, 11) is 0. The molecule has 0 spiro atoms. The molecule has 1 aromatic rings. The van der Waals surface area contributed by atoms with Crippen molar-refractivity contribution in [2.24, 2.45) is 5.73 Å². The molecule has 1 aliphatic rings. The minimum Gasteiger partial charge on any atom is -0.477 e. The van der Waals surface area contributed by atoms with E-state index in [4.69, 9.17) is 15.6 Å². The van der Waals surface area contributed by atoms with Gasteiger partial charge in [-0.25, -0.2) is 9.78 Å². The monoisotopic (exact) mass is 236 g/mol. The van der Waals surface area contributed by atoms with Crippen molar-refractivity contribution in [1.29, 1.82) is 0 Å². The third kappa shape index (κ3) is 2.16. The van der Waals surface area contributed by atoms with Crippen LogP contribution in [0.3, 0.4) is 0 Å². The molecular weight excluding hydrogens is 220 g/mol. The Bertz CT molecular complexity index is 439. The lowest BCUT2D eigenvalue weighted by molar-refractivity contribution is 0.0690. The lowest BCUT2D eigenvalue weighted by atomic mass is 9.88. The number of carboxylic acid groups (broad SMARTS) is 1. The number of nitrogens with two attached hydrogens (primary N) is 1. The fourth-order valence-electron chi connectivity index (χ4n) is 2.14. The first-order chi connectivity index (χ1) is 8.07. The first kappa shape index (κ1) is 12.0. The fraction of sp³-hybridized carbons (Fsp3) is 0.500. The van der Waals surface area contributed by atoms with Gasteiger partial charge in [0.15, 0.2) is 0 Å². The van der Waals surface area contributed by atoms with Crippen molar-refractivity contribution < 1.29 is 14.6 Å². The molecule has 0 aromatic carbocycles. The van der Waals surface area contributed by atoms with Crippen molar-refractivity contribution in [2.75, 3.05) is 13.2 Å². The second-order valence-electron chi connectivity index (χ2n) is 4.31. The summed E-state index contributed by atoms with van der Waals surface area (Å²) in [6.07, 6.45) is 1.41. The molecule has 92 valence electrons. The molecule has 2 rings (SSSR count). The number of hydrogen-bond acceptors (Lipinski definition) is 4. The summed E-state index contributed by atoms with van der Waals surface area (Å²) < 4.78 is 5.32. The number of aromatic carboxylic acids is 1. The number of ether oxygens (including phenoxy) is 1. The quantitative estimate of drug-likeness (QED) is 0.815. The molecule has 1 unspecified atom stereocenters. The largest absolute Gasteiger partial charge is 0.477 e. The maximum absolute atomic E-state index is 10.9. The Morgan fingerprint density at radius 3 is 2.94 bits per heavy atom. The highest BCUT2D eigenvalue weighted by atomic mass is 16.5. The number of aromatic nitrogens is 1. The molecule has 0 bridgehead atoms. The van der Waals surface area contributed by atoms with Crippen molar-refractivity contribution >= 4 is 5.97 Å². The van der Waals surface area contributed by atoms with E-state index >= 15 is 0 Å². The van der Waals surface area contributed by atoms with Crippen LogP contribution in [0, 0.1) is 0 Å². The lowest BCUT2D eigenvalue weighted by Crippen LogP contribution is -2.38. The molecule has 5 nitrogen and oxygen atoms in total. The van der Waals surface area contributed by atoms with Crippen LogP contribution in [0.15, 0.2) is 12.1 Å². The maximum Gasteiger partial charge on any atom is 0.354 e. The van der Waals surface area contributed by atoms with Crippen LogP contribution in [-0.2, 0) is 16.7 Å². The summed E-state index contributed by atoms with van der Waals surface area (Å²) in [5, 5.41) is 8.91. The van der Waals surface area contributed by atoms with E-state index in [1.165, 1.54) is 6.07 Å². The van der Waals surface area contributed by atoms with Crippen LogP contribution in [0.5, 0.6) is 0 Å². The molecule has 0 aliphatic carbocycles. The maximum atomic E-state index is 10.9. The van der Waals surface area contributed by atoms with E-state index in [-0.39, 0.29) is 5.69 Å². The van der Waals surface area contributed by atoms with Crippen molar-refractivity contribution in [2.45, 2.75) is 25.3 Å². The Morgan fingerprint density at radius 2 is 2.41 bits per heavy atom. The number of pyridine rings is 1. The minimum absolute atomic E-state index is 0.0631. The van der Waals surface area contributed by atoms with Crippen LogP contribution in [0.1, 0.15) is 35.1 Å². The topological polar surface area (TPSA) is 85.4 Å². The third-order valence-electron chi connectivity index (χ3n) is 3.12. The van der Waals surface area contributed by atoms with Crippen LogP contribution in [0.4, 0.5) is 0 Å². The van der Waals surface area contributed by atoms with Crippen molar-refractivity contribution in [3.05, 3.63) is 29.1 Å². The summed E-state index contributed by atoms with van der Waals surface area (Å²) in [6, 6.07) is 3.27. The summed E-state index contributed by atoms with van der Waals surface area (Å²) in [4.78, 5) is 15.0. The van der Waals surface area contributed by atoms with Gasteiger partial charge in [0.1, 0.15) is 5.69 Å². The van der Waals surface area contributed by atoms with Gasteiger partial charge in [0.2, 0.25) is 0 Å². The van der Waals surface area contributed by atoms with Gasteiger partial charge in [0, 0.05) is 12.3 Å². The molecule has 0 radical (unpaired) electrons. The van der Waals surface area contributed by atoms with Crippen LogP contribution in [-0.4, -0.2) is 29.3 Å². The molecule has 0 amide bonds. The number of carboxylic acids is 1. The molecule has 1 saturated heterocycles. The van der Waals surface area contributed by atoms with Gasteiger partial charge in [-0.05, 0) is 24.5 Å². The number of hydrogen-bond donors (Lipinski definition) is 2. The predicted octanol–water partition coefficient (Wildman–Crippen LogP) is 0.917. The highest BCUT2D eigenvalue weighted by molar-refractivity contribution is 5.85. The Labute approximate surface area is 99.6 Å². The highest BCUT2D eigenvalue weighted by Crippen LogP contribution is 2.29. The number of nitrogens with zero attached hydrogens (tertiary/aromatic N) is 1. The average molecular weight is 236 g/mol. The van der Waals surface area contributed by atoms with E-state index < -0.39 is 11.5 Å². The van der Waals surface area contributed by atoms with Crippen molar-refractivity contribution in [3.8, 4) is 0 Å². The van der Waals surface area contributed by atoms with E-state index in [1.54, 1.807) is 6.07 Å². The smallest absolute Gasteiger partial charge is 0.354 e. The zero-order valence-electron chi connectivity index (χ0n) is 9.77. The summed E-state index contributed by atoms with van der Waals surface area (Å²) >= 11 is 0. The summed E-state index contributed by atoms with van der Waals surface area (Å²) in [5.74, 6) is -1.01. The lowest BCUT2D eigenvalue weighted by Gasteiger charge is -2.24. The molecule has 5 heteroatoms. The van der Waals surface area contributed by atoms with Crippen LogP contribution < -0.4 is 5.73 Å². The molecular formula is C12H16N2O3. The molecule has 1 aromatic heterocycles. The molecule has 2 heterocycles. The van der Waals surface area contributed by atoms with Crippen molar-refractivity contribution in [1.82, 2.24) is 4.98 Å². The van der Waals surface area contributed by atoms with E-state index in [1.807, 2.05) is 6.92 Å². The zero-order chi connectivity index (χ0) is 12.5. The Kier molecular flexibility index (Phi) is 3.13. The zero-order valence-corrected chi connectivity index (χ0v) is 9.77. The minimum atomic E-state index is -1.01. The molecule has 0 saturated carbocycles. The van der Waals surface area contributed by atoms with Gasteiger partial charge in [0.05, 0.1) is 12.1 Å². The standard InChI is InChI=1S/C12H16N2O3/c1-2-9-8(12(13)5-6-17-7-12)3-4-10(14-9)11(15)16/h3-4H,2,5-7,13H2,1H3,(H,15,16). The van der Waals surface area contributed by atoms with Gasteiger partial charge in [-0.2, -0.15) is 0 Å². The number of aryl methyl sites for hydroxylation is 1. The Morgan fingerprint density at radius 1 is 1.65 bits per heavy atom. The van der Waals surface area contributed by atoms with E-state index in [2.05, 4.69) is 4.98 Å². The van der Waals surface area contributed by atoms with Gasteiger partial charge >= 0.3 is 5.97 Å². The normalized spacial score (nSPS) is 23.9. The van der Waals surface area contributed by atoms with E-state index in [0.717, 1.165) is 17.7 Å². The first-order valence-electron chi connectivity index (χ1n) is 5.67.